The van der Waals surface area contributed by atoms with Crippen molar-refractivity contribution in [1.29, 1.82) is 0 Å². The zero-order chi connectivity index (χ0) is 16.7. The maximum absolute atomic E-state index is 11.9. The van der Waals surface area contributed by atoms with Crippen molar-refractivity contribution in [1.82, 2.24) is 0 Å². The summed E-state index contributed by atoms with van der Waals surface area (Å²) in [6.07, 6.45) is 5.39. The van der Waals surface area contributed by atoms with Gasteiger partial charge in [-0.05, 0) is 24.1 Å². The summed E-state index contributed by atoms with van der Waals surface area (Å²) in [5.74, 6) is -0.342. The van der Waals surface area contributed by atoms with Crippen LogP contribution >= 0.6 is 0 Å². The van der Waals surface area contributed by atoms with Crippen molar-refractivity contribution in [2.75, 3.05) is 7.11 Å². The molecule has 0 heterocycles. The number of methoxy groups -OCH3 is 1. The summed E-state index contributed by atoms with van der Waals surface area (Å²) >= 11 is 0. The van der Waals surface area contributed by atoms with Crippen molar-refractivity contribution in [2.45, 2.75) is 6.92 Å². The van der Waals surface area contributed by atoms with Crippen molar-refractivity contribution < 1.29 is 14.3 Å². The van der Waals surface area contributed by atoms with Crippen LogP contribution in [-0.2, 0) is 9.53 Å². The van der Waals surface area contributed by atoms with Crippen LogP contribution in [-0.4, -0.2) is 18.9 Å². The predicted octanol–water partition coefficient (Wildman–Crippen LogP) is 4.16. The largest absolute Gasteiger partial charge is 0.465 e. The van der Waals surface area contributed by atoms with Crippen molar-refractivity contribution in [2.24, 2.45) is 0 Å². The lowest BCUT2D eigenvalue weighted by atomic mass is 10.0. The molecule has 0 N–H and O–H groups in total. The van der Waals surface area contributed by atoms with Crippen molar-refractivity contribution in [3.8, 4) is 0 Å². The number of benzene rings is 2. The van der Waals surface area contributed by atoms with Gasteiger partial charge in [-0.25, -0.2) is 4.79 Å². The molecule has 23 heavy (non-hydrogen) atoms. The lowest BCUT2D eigenvalue weighted by Crippen LogP contribution is -2.03. The molecule has 0 aliphatic carbocycles. The second kappa shape index (κ2) is 7.90. The number of ketones is 1. The molecule has 3 nitrogen and oxygen atoms in total. The van der Waals surface area contributed by atoms with Gasteiger partial charge in [0.2, 0.25) is 0 Å². The first-order valence-corrected chi connectivity index (χ1v) is 7.25. The molecular formula is C20H18O3. The molecule has 2 rings (SSSR count). The number of carbonyl (C=O) groups excluding carboxylic acids is 2. The van der Waals surface area contributed by atoms with Gasteiger partial charge in [0, 0.05) is 5.56 Å². The Labute approximate surface area is 135 Å². The van der Waals surface area contributed by atoms with Gasteiger partial charge in [0.25, 0.3) is 0 Å². The quantitative estimate of drug-likeness (QED) is 0.360. The highest BCUT2D eigenvalue weighted by Gasteiger charge is 2.10. The minimum atomic E-state index is -0.382. The number of carbonyl (C=O) groups is 2. The third-order valence-corrected chi connectivity index (χ3v) is 3.36. The van der Waals surface area contributed by atoms with E-state index >= 15 is 0 Å². The van der Waals surface area contributed by atoms with Crippen LogP contribution in [0.1, 0.15) is 28.4 Å². The van der Waals surface area contributed by atoms with Gasteiger partial charge in [-0.3, -0.25) is 4.79 Å². The van der Waals surface area contributed by atoms with Crippen LogP contribution in [0.4, 0.5) is 0 Å². The standard InChI is InChI=1S/C20H18O3/c1-15(21)17-13-11-16(12-14-17)7-6-10-19(20(22)23-2)18-8-4-3-5-9-18/h3-14H,1-2H3/b7-6+,19-10+. The van der Waals surface area contributed by atoms with Crippen LogP contribution in [0.25, 0.3) is 11.6 Å². The van der Waals surface area contributed by atoms with Crippen LogP contribution in [0.5, 0.6) is 0 Å². The SMILES string of the molecule is COC(=O)/C(=C/C=C/c1ccc(C(C)=O)cc1)c1ccccc1. The predicted molar refractivity (Wildman–Crippen MR) is 91.9 cm³/mol. The number of rotatable bonds is 5. The fourth-order valence-electron chi connectivity index (χ4n) is 2.09. The lowest BCUT2D eigenvalue weighted by molar-refractivity contribution is -0.133. The van der Waals surface area contributed by atoms with Crippen LogP contribution in [0.15, 0.2) is 66.7 Å². The highest BCUT2D eigenvalue weighted by Crippen LogP contribution is 2.16. The molecule has 0 spiro atoms. The Morgan fingerprint density at radius 1 is 0.913 bits per heavy atom. The first-order chi connectivity index (χ1) is 11.1. The monoisotopic (exact) mass is 306 g/mol. The number of ether oxygens (including phenoxy) is 1. The van der Waals surface area contributed by atoms with E-state index in [0.717, 1.165) is 11.1 Å². The van der Waals surface area contributed by atoms with Gasteiger partial charge >= 0.3 is 5.97 Å². The van der Waals surface area contributed by atoms with Gasteiger partial charge < -0.3 is 4.74 Å². The number of hydrogen-bond donors (Lipinski definition) is 0. The van der Waals surface area contributed by atoms with Crippen molar-refractivity contribution in [3.05, 3.63) is 83.4 Å². The molecule has 0 aliphatic rings. The van der Waals surface area contributed by atoms with Crippen LogP contribution in [0, 0.1) is 0 Å². The fourth-order valence-corrected chi connectivity index (χ4v) is 2.09. The molecule has 2 aromatic carbocycles. The molecular weight excluding hydrogens is 288 g/mol. The topological polar surface area (TPSA) is 43.4 Å². The number of allylic oxidation sites excluding steroid dienone is 2. The summed E-state index contributed by atoms with van der Waals surface area (Å²) in [6, 6.07) is 16.6. The van der Waals surface area contributed by atoms with E-state index in [0.29, 0.717) is 11.1 Å². The molecule has 0 saturated carbocycles. The smallest absolute Gasteiger partial charge is 0.338 e. The Bertz CT molecular complexity index is 738. The van der Waals surface area contributed by atoms with Crippen molar-refractivity contribution in [3.63, 3.8) is 0 Å². The molecule has 3 heteroatoms. The van der Waals surface area contributed by atoms with Crippen LogP contribution in [0.3, 0.4) is 0 Å². The normalized spacial score (nSPS) is 11.5. The van der Waals surface area contributed by atoms with Crippen molar-refractivity contribution >= 4 is 23.4 Å². The van der Waals surface area contributed by atoms with Crippen LogP contribution in [0.2, 0.25) is 0 Å². The molecule has 116 valence electrons. The highest BCUT2D eigenvalue weighted by molar-refractivity contribution is 6.16. The molecule has 0 aromatic heterocycles. The maximum atomic E-state index is 11.9. The van der Waals surface area contributed by atoms with Gasteiger partial charge in [0.1, 0.15) is 0 Å². The van der Waals surface area contributed by atoms with E-state index in [-0.39, 0.29) is 11.8 Å². The molecule has 0 amide bonds. The van der Waals surface area contributed by atoms with E-state index in [1.54, 1.807) is 24.3 Å². The Hall–Kier alpha value is -2.94. The molecule has 0 fully saturated rings. The average molecular weight is 306 g/mol. The van der Waals surface area contributed by atoms with E-state index in [9.17, 15) is 9.59 Å². The highest BCUT2D eigenvalue weighted by atomic mass is 16.5. The van der Waals surface area contributed by atoms with Gasteiger partial charge in [0.15, 0.2) is 5.78 Å². The van der Waals surface area contributed by atoms with Gasteiger partial charge in [0.05, 0.1) is 12.7 Å². The molecule has 2 aromatic rings. The van der Waals surface area contributed by atoms with Gasteiger partial charge in [-0.2, -0.15) is 0 Å². The summed E-state index contributed by atoms with van der Waals surface area (Å²) in [6.45, 7) is 1.54. The third kappa shape index (κ3) is 4.51. The summed E-state index contributed by atoms with van der Waals surface area (Å²) in [5, 5.41) is 0. The summed E-state index contributed by atoms with van der Waals surface area (Å²) in [4.78, 5) is 23.2. The minimum Gasteiger partial charge on any atom is -0.465 e. The Balaban J connectivity index is 2.23. The van der Waals surface area contributed by atoms with E-state index < -0.39 is 0 Å². The van der Waals surface area contributed by atoms with E-state index in [4.69, 9.17) is 4.74 Å². The summed E-state index contributed by atoms with van der Waals surface area (Å²) in [7, 11) is 1.36. The molecule has 0 unspecified atom stereocenters. The number of Topliss-reactive ketones (excluding diaryl/α,β-unsaturated/α-hetero) is 1. The average Bonchev–Trinajstić information content (AvgIpc) is 2.59. The van der Waals surface area contributed by atoms with Gasteiger partial charge in [-0.1, -0.05) is 66.7 Å². The maximum Gasteiger partial charge on any atom is 0.338 e. The minimum absolute atomic E-state index is 0.0393. The van der Waals surface area contributed by atoms with Crippen LogP contribution < -0.4 is 0 Å². The molecule has 0 bridgehead atoms. The Kier molecular flexibility index (Phi) is 5.64. The number of hydrogen-bond acceptors (Lipinski definition) is 3. The van der Waals surface area contributed by atoms with E-state index in [1.807, 2.05) is 48.5 Å². The second-order valence-electron chi connectivity index (χ2n) is 4.98. The lowest BCUT2D eigenvalue weighted by Gasteiger charge is -2.04. The first kappa shape index (κ1) is 16.4. The van der Waals surface area contributed by atoms with E-state index in [1.165, 1.54) is 14.0 Å². The fraction of sp³-hybridized carbons (Fsp3) is 0.100. The Morgan fingerprint density at radius 3 is 2.13 bits per heavy atom. The molecule has 0 radical (unpaired) electrons. The second-order valence-corrected chi connectivity index (χ2v) is 4.98. The summed E-state index contributed by atoms with van der Waals surface area (Å²) < 4.78 is 4.83. The van der Waals surface area contributed by atoms with Gasteiger partial charge in [-0.15, -0.1) is 0 Å². The molecule has 0 aliphatic heterocycles. The summed E-state index contributed by atoms with van der Waals surface area (Å²) in [5.41, 5.74) is 2.92. The number of esters is 1. The molecule has 0 saturated heterocycles. The Morgan fingerprint density at radius 2 is 1.57 bits per heavy atom. The first-order valence-electron chi connectivity index (χ1n) is 7.25. The van der Waals surface area contributed by atoms with E-state index in [2.05, 4.69) is 0 Å². The third-order valence-electron chi connectivity index (χ3n) is 3.36. The zero-order valence-corrected chi connectivity index (χ0v) is 13.2. The molecule has 0 atom stereocenters. The zero-order valence-electron chi connectivity index (χ0n) is 13.2.